The molecule has 0 saturated heterocycles. The lowest BCUT2D eigenvalue weighted by molar-refractivity contribution is 1.13. The number of allylic oxidation sites excluding steroid dienone is 7. The van der Waals surface area contributed by atoms with Crippen LogP contribution in [0.1, 0.15) is 19.4 Å². The quantitative estimate of drug-likeness (QED) is 0.574. The topological polar surface area (TPSA) is 27.0 Å². The summed E-state index contributed by atoms with van der Waals surface area (Å²) in [4.78, 5) is 2.08. The SMILES string of the molecule is CC(/C=C/C=C(C)/C=C/c1ccc(N(C)C)cc1)=C\C#N. The smallest absolute Gasteiger partial charge is 0.0914 e. The molecule has 0 radical (unpaired) electrons. The third-order valence-corrected chi connectivity index (χ3v) is 2.96. The molecule has 0 bridgehead atoms. The van der Waals surface area contributed by atoms with Crippen molar-refractivity contribution >= 4 is 11.8 Å². The lowest BCUT2D eigenvalue weighted by Gasteiger charge is -2.11. The molecule has 1 aromatic rings. The van der Waals surface area contributed by atoms with Crippen molar-refractivity contribution in [2.45, 2.75) is 13.8 Å². The van der Waals surface area contributed by atoms with Gasteiger partial charge in [-0.2, -0.15) is 5.26 Å². The maximum atomic E-state index is 8.52. The van der Waals surface area contributed by atoms with Crippen LogP contribution in [0.4, 0.5) is 5.69 Å². The standard InChI is InChI=1S/C19H22N2/c1-16(6-5-7-17(2)14-15-20)8-9-18-10-12-19(13-11-18)21(3)4/h5-14H,1-4H3/b7-5+,9-8+,16-6+,17-14+. The van der Waals surface area contributed by atoms with Crippen LogP contribution in [0.3, 0.4) is 0 Å². The van der Waals surface area contributed by atoms with E-state index in [1.165, 1.54) is 17.3 Å². The Morgan fingerprint density at radius 3 is 2.29 bits per heavy atom. The number of benzene rings is 1. The molecule has 1 aromatic carbocycles. The molecule has 2 heteroatoms. The zero-order chi connectivity index (χ0) is 15.7. The highest BCUT2D eigenvalue weighted by atomic mass is 15.1. The largest absolute Gasteiger partial charge is 0.378 e. The molecule has 0 saturated carbocycles. The fourth-order valence-corrected chi connectivity index (χ4v) is 1.67. The van der Waals surface area contributed by atoms with Gasteiger partial charge in [0, 0.05) is 25.9 Å². The minimum atomic E-state index is 0.949. The highest BCUT2D eigenvalue weighted by Gasteiger charge is 1.93. The molecule has 0 atom stereocenters. The van der Waals surface area contributed by atoms with Gasteiger partial charge in [-0.1, -0.05) is 48.1 Å². The third-order valence-electron chi connectivity index (χ3n) is 2.96. The van der Waals surface area contributed by atoms with Gasteiger partial charge in [0.15, 0.2) is 0 Å². The van der Waals surface area contributed by atoms with Crippen molar-refractivity contribution in [3.8, 4) is 6.07 Å². The Labute approximate surface area is 128 Å². The van der Waals surface area contributed by atoms with Crippen molar-refractivity contribution in [2.75, 3.05) is 19.0 Å². The van der Waals surface area contributed by atoms with Gasteiger partial charge in [0.2, 0.25) is 0 Å². The van der Waals surface area contributed by atoms with Crippen LogP contribution in [0.25, 0.3) is 6.08 Å². The summed E-state index contributed by atoms with van der Waals surface area (Å²) >= 11 is 0. The van der Waals surface area contributed by atoms with Crippen molar-refractivity contribution in [3.63, 3.8) is 0 Å². The van der Waals surface area contributed by atoms with Crippen LogP contribution in [0.2, 0.25) is 0 Å². The van der Waals surface area contributed by atoms with Gasteiger partial charge in [-0.3, -0.25) is 0 Å². The molecule has 0 aliphatic carbocycles. The summed E-state index contributed by atoms with van der Waals surface area (Å²) in [7, 11) is 4.07. The molecule has 1 rings (SSSR count). The molecule has 0 unspecified atom stereocenters. The lowest BCUT2D eigenvalue weighted by Crippen LogP contribution is -2.07. The van der Waals surface area contributed by atoms with Gasteiger partial charge in [0.05, 0.1) is 6.07 Å². The van der Waals surface area contributed by atoms with Gasteiger partial charge in [0.25, 0.3) is 0 Å². The Kier molecular flexibility index (Phi) is 6.77. The molecular formula is C19H22N2. The Morgan fingerprint density at radius 1 is 1.05 bits per heavy atom. The molecule has 0 heterocycles. The predicted molar refractivity (Wildman–Crippen MR) is 92.1 cm³/mol. The van der Waals surface area contributed by atoms with Crippen LogP contribution in [-0.2, 0) is 0 Å². The number of rotatable bonds is 5. The molecule has 108 valence electrons. The van der Waals surface area contributed by atoms with Gasteiger partial charge in [-0.25, -0.2) is 0 Å². The summed E-state index contributed by atoms with van der Waals surface area (Å²) in [6.07, 6.45) is 11.6. The molecule has 0 amide bonds. The summed E-state index contributed by atoms with van der Waals surface area (Å²) in [5, 5.41) is 8.52. The summed E-state index contributed by atoms with van der Waals surface area (Å²) in [6, 6.07) is 10.4. The van der Waals surface area contributed by atoms with E-state index in [1.54, 1.807) is 0 Å². The third kappa shape index (κ3) is 6.44. The van der Waals surface area contributed by atoms with E-state index in [-0.39, 0.29) is 0 Å². The average Bonchev–Trinajstić information content (AvgIpc) is 2.46. The van der Waals surface area contributed by atoms with Crippen molar-refractivity contribution in [1.29, 1.82) is 5.26 Å². The molecular weight excluding hydrogens is 256 g/mol. The summed E-state index contributed by atoms with van der Waals surface area (Å²) in [5.41, 5.74) is 4.48. The zero-order valence-electron chi connectivity index (χ0n) is 13.2. The number of nitriles is 1. The summed E-state index contributed by atoms with van der Waals surface area (Å²) in [5.74, 6) is 0. The van der Waals surface area contributed by atoms with Gasteiger partial charge in [-0.05, 0) is 37.1 Å². The average molecular weight is 278 g/mol. The Morgan fingerprint density at radius 2 is 1.71 bits per heavy atom. The van der Waals surface area contributed by atoms with Crippen LogP contribution in [0.15, 0.2) is 65.8 Å². The van der Waals surface area contributed by atoms with Crippen molar-refractivity contribution in [2.24, 2.45) is 0 Å². The lowest BCUT2D eigenvalue weighted by atomic mass is 10.1. The maximum Gasteiger partial charge on any atom is 0.0914 e. The molecule has 2 nitrogen and oxygen atoms in total. The first-order valence-electron chi connectivity index (χ1n) is 6.90. The highest BCUT2D eigenvalue weighted by Crippen LogP contribution is 2.13. The van der Waals surface area contributed by atoms with E-state index in [9.17, 15) is 0 Å². The van der Waals surface area contributed by atoms with Crippen molar-refractivity contribution in [1.82, 2.24) is 0 Å². The van der Waals surface area contributed by atoms with E-state index in [0.717, 1.165) is 11.1 Å². The second kappa shape index (κ2) is 8.60. The first-order valence-corrected chi connectivity index (χ1v) is 6.90. The van der Waals surface area contributed by atoms with E-state index in [2.05, 4.69) is 48.2 Å². The first kappa shape index (κ1) is 16.5. The molecule has 0 aromatic heterocycles. The number of hydrogen-bond donors (Lipinski definition) is 0. The predicted octanol–water partition coefficient (Wildman–Crippen LogP) is 4.74. The second-order valence-corrected chi connectivity index (χ2v) is 5.11. The van der Waals surface area contributed by atoms with Crippen LogP contribution >= 0.6 is 0 Å². The van der Waals surface area contributed by atoms with Gasteiger partial charge < -0.3 is 4.90 Å². The van der Waals surface area contributed by atoms with Gasteiger partial charge in [-0.15, -0.1) is 0 Å². The Bertz CT molecular complexity index is 606. The van der Waals surface area contributed by atoms with E-state index in [4.69, 9.17) is 5.26 Å². The highest BCUT2D eigenvalue weighted by molar-refractivity contribution is 5.57. The van der Waals surface area contributed by atoms with Crippen LogP contribution in [-0.4, -0.2) is 14.1 Å². The molecule has 0 fully saturated rings. The maximum absolute atomic E-state index is 8.52. The fraction of sp³-hybridized carbons (Fsp3) is 0.211. The monoisotopic (exact) mass is 278 g/mol. The van der Waals surface area contributed by atoms with E-state index in [1.807, 2.05) is 45.3 Å². The molecule has 0 N–H and O–H groups in total. The second-order valence-electron chi connectivity index (χ2n) is 5.11. The number of nitrogens with zero attached hydrogens (tertiary/aromatic N) is 2. The van der Waals surface area contributed by atoms with E-state index >= 15 is 0 Å². The van der Waals surface area contributed by atoms with Crippen molar-refractivity contribution < 1.29 is 0 Å². The molecule has 0 aliphatic heterocycles. The number of anilines is 1. The van der Waals surface area contributed by atoms with Crippen LogP contribution < -0.4 is 4.90 Å². The fourth-order valence-electron chi connectivity index (χ4n) is 1.67. The molecule has 0 spiro atoms. The van der Waals surface area contributed by atoms with E-state index < -0.39 is 0 Å². The summed E-state index contributed by atoms with van der Waals surface area (Å²) in [6.45, 7) is 3.96. The normalized spacial score (nSPS) is 12.9. The minimum absolute atomic E-state index is 0.949. The number of hydrogen-bond acceptors (Lipinski definition) is 2. The van der Waals surface area contributed by atoms with E-state index in [0.29, 0.717) is 0 Å². The Hall–Kier alpha value is -2.53. The van der Waals surface area contributed by atoms with Gasteiger partial charge in [0.1, 0.15) is 0 Å². The van der Waals surface area contributed by atoms with Crippen molar-refractivity contribution in [3.05, 3.63) is 71.4 Å². The minimum Gasteiger partial charge on any atom is -0.378 e. The Balaban J connectivity index is 2.67. The first-order chi connectivity index (χ1) is 10.0. The zero-order valence-corrected chi connectivity index (χ0v) is 13.2. The van der Waals surface area contributed by atoms with Crippen LogP contribution in [0.5, 0.6) is 0 Å². The molecule has 21 heavy (non-hydrogen) atoms. The molecule has 0 aliphatic rings. The van der Waals surface area contributed by atoms with Crippen LogP contribution in [0, 0.1) is 11.3 Å². The summed E-state index contributed by atoms with van der Waals surface area (Å²) < 4.78 is 0. The van der Waals surface area contributed by atoms with Gasteiger partial charge >= 0.3 is 0 Å².